The number of likely N-dealkylation sites (N-methyl/N-ethyl adjacent to an activating group) is 1. The van der Waals surface area contributed by atoms with E-state index < -0.39 is 24.2 Å². The van der Waals surface area contributed by atoms with Crippen molar-refractivity contribution in [2.45, 2.75) is 62.8 Å². The van der Waals surface area contributed by atoms with E-state index in [0.717, 1.165) is 40.9 Å². The van der Waals surface area contributed by atoms with Crippen molar-refractivity contribution in [1.29, 1.82) is 0 Å². The lowest BCUT2D eigenvalue weighted by atomic mass is 9.91. The maximum atomic E-state index is 14.2. The van der Waals surface area contributed by atoms with E-state index in [9.17, 15) is 24.6 Å². The van der Waals surface area contributed by atoms with E-state index in [2.05, 4.69) is 22.3 Å². The number of nitrogens with zero attached hydrogens (tertiary/aromatic N) is 3. The van der Waals surface area contributed by atoms with Crippen LogP contribution in [0.1, 0.15) is 46.7 Å². The predicted molar refractivity (Wildman–Crippen MR) is 215 cm³/mol. The topological polar surface area (TPSA) is 123 Å². The van der Waals surface area contributed by atoms with E-state index in [1.807, 2.05) is 102 Å². The summed E-state index contributed by atoms with van der Waals surface area (Å²) in [6.45, 7) is 3.13. The zero-order valence-electron chi connectivity index (χ0n) is 32.2. The van der Waals surface area contributed by atoms with E-state index in [0.29, 0.717) is 50.9 Å². The van der Waals surface area contributed by atoms with Gasteiger partial charge >= 0.3 is 0 Å². The van der Waals surface area contributed by atoms with Crippen LogP contribution in [0.4, 0.5) is 0 Å². The summed E-state index contributed by atoms with van der Waals surface area (Å²) in [6.07, 6.45) is 1.19. The number of amides is 3. The number of aliphatic hydroxyl groups excluding tert-OH is 2. The molecule has 10 heteroatoms. The second-order valence-electron chi connectivity index (χ2n) is 15.8. The first-order valence-corrected chi connectivity index (χ1v) is 20.0. The molecule has 3 amide bonds. The van der Waals surface area contributed by atoms with Gasteiger partial charge in [-0.1, -0.05) is 97.1 Å². The Bertz CT molecular complexity index is 1920. The third-order valence-corrected chi connectivity index (χ3v) is 11.7. The summed E-state index contributed by atoms with van der Waals surface area (Å²) in [5, 5.41) is 25.9. The largest absolute Gasteiger partial charge is 0.484 e. The van der Waals surface area contributed by atoms with Crippen molar-refractivity contribution in [3.05, 3.63) is 137 Å². The Labute approximate surface area is 330 Å². The molecule has 1 aliphatic carbocycles. The predicted octanol–water partition coefficient (Wildman–Crippen LogP) is 4.23. The number of ether oxygens (including phenoxy) is 1. The molecule has 2 heterocycles. The number of β-amino-alcohol motifs (C(OH)–C–C–N with tert-alkyl or cyclic N) is 1. The van der Waals surface area contributed by atoms with E-state index >= 15 is 0 Å². The molecular formula is C46H54N4O6. The number of fused-ring (bicyclic) bond motifs is 1. The molecule has 0 saturated carbocycles. The molecule has 2 saturated heterocycles. The maximum Gasteiger partial charge on any atom is 0.260 e. The van der Waals surface area contributed by atoms with Crippen LogP contribution in [-0.2, 0) is 40.1 Å². The summed E-state index contributed by atoms with van der Waals surface area (Å²) in [4.78, 5) is 46.8. The molecule has 7 rings (SSSR count). The molecule has 3 N–H and O–H groups in total. The molecule has 3 aliphatic rings. The van der Waals surface area contributed by atoms with Gasteiger partial charge in [0.1, 0.15) is 5.75 Å². The van der Waals surface area contributed by atoms with Gasteiger partial charge in [0.2, 0.25) is 11.8 Å². The lowest BCUT2D eigenvalue weighted by molar-refractivity contribution is -0.135. The third-order valence-electron chi connectivity index (χ3n) is 11.7. The molecule has 4 aromatic rings. The van der Waals surface area contributed by atoms with Crippen molar-refractivity contribution in [1.82, 2.24) is 20.0 Å². The Morgan fingerprint density at radius 3 is 2.16 bits per heavy atom. The number of carbonyl (C=O) groups is 3. The van der Waals surface area contributed by atoms with Crippen molar-refractivity contribution in [3.8, 4) is 5.75 Å². The van der Waals surface area contributed by atoms with Crippen LogP contribution >= 0.6 is 0 Å². The summed E-state index contributed by atoms with van der Waals surface area (Å²) in [5.41, 5.74) is 5.01. The van der Waals surface area contributed by atoms with E-state index in [-0.39, 0.29) is 49.3 Å². The number of hydrogen-bond acceptors (Lipinski definition) is 7. The molecule has 56 heavy (non-hydrogen) atoms. The van der Waals surface area contributed by atoms with Gasteiger partial charge in [0.05, 0.1) is 18.2 Å². The summed E-state index contributed by atoms with van der Waals surface area (Å²) in [5.74, 6) is -0.567. The van der Waals surface area contributed by atoms with Crippen LogP contribution in [0.2, 0.25) is 0 Å². The highest BCUT2D eigenvalue weighted by molar-refractivity contribution is 5.82. The van der Waals surface area contributed by atoms with Crippen LogP contribution in [0.25, 0.3) is 0 Å². The number of nitrogens with one attached hydrogen (secondary N) is 1. The van der Waals surface area contributed by atoms with Crippen molar-refractivity contribution >= 4 is 17.7 Å². The highest BCUT2D eigenvalue weighted by Gasteiger charge is 2.41. The smallest absolute Gasteiger partial charge is 0.260 e. The van der Waals surface area contributed by atoms with Gasteiger partial charge in [-0.05, 0) is 79.1 Å². The molecule has 2 fully saturated rings. The molecule has 294 valence electrons. The lowest BCUT2D eigenvalue weighted by Crippen LogP contribution is -2.48. The Kier molecular flexibility index (Phi) is 12.8. The zero-order chi connectivity index (χ0) is 39.0. The van der Waals surface area contributed by atoms with Crippen LogP contribution in [0, 0.1) is 11.8 Å². The number of hydrogen-bond donors (Lipinski definition) is 3. The first-order valence-electron chi connectivity index (χ1n) is 20.0. The van der Waals surface area contributed by atoms with Gasteiger partial charge in [-0.25, -0.2) is 0 Å². The summed E-state index contributed by atoms with van der Waals surface area (Å²) >= 11 is 0. The monoisotopic (exact) mass is 758 g/mol. The van der Waals surface area contributed by atoms with Crippen molar-refractivity contribution in [2.24, 2.45) is 11.8 Å². The third kappa shape index (κ3) is 9.85. The van der Waals surface area contributed by atoms with Gasteiger partial charge < -0.3 is 35.0 Å². The number of benzene rings is 4. The minimum atomic E-state index is -0.965. The Morgan fingerprint density at radius 2 is 1.46 bits per heavy atom. The molecule has 10 nitrogen and oxygen atoms in total. The minimum Gasteiger partial charge on any atom is -0.484 e. The molecule has 0 spiro atoms. The minimum absolute atomic E-state index is 0.0298. The van der Waals surface area contributed by atoms with Crippen molar-refractivity contribution < 1.29 is 29.3 Å². The Balaban J connectivity index is 1.05. The Hall–Kier alpha value is -5.03. The SMILES string of the molecule is CN1CCN(C(=O)COc2ccc(C[C@H](C[C@H](O)CN3C(=O)[C@@H](Cc4ccccc4)C[C@@H]3Cc3ccccc3)C(=O)N[C@H]3c4ccccc4C[C@H]3O)cc2)CC1. The highest BCUT2D eigenvalue weighted by Crippen LogP contribution is 2.33. The van der Waals surface area contributed by atoms with E-state index in [4.69, 9.17) is 4.74 Å². The van der Waals surface area contributed by atoms with Crippen LogP contribution in [0.3, 0.4) is 0 Å². The number of piperazine rings is 1. The molecule has 0 aromatic heterocycles. The first-order chi connectivity index (χ1) is 27.2. The molecule has 0 unspecified atom stereocenters. The molecule has 4 aromatic carbocycles. The van der Waals surface area contributed by atoms with Gasteiger partial charge in [0, 0.05) is 57.0 Å². The van der Waals surface area contributed by atoms with Crippen LogP contribution in [0.15, 0.2) is 109 Å². The zero-order valence-corrected chi connectivity index (χ0v) is 32.2. The van der Waals surface area contributed by atoms with E-state index in [1.165, 1.54) is 0 Å². The fourth-order valence-corrected chi connectivity index (χ4v) is 8.59. The lowest BCUT2D eigenvalue weighted by Gasteiger charge is -2.32. The number of rotatable bonds is 15. The molecule has 0 bridgehead atoms. The number of aliphatic hydroxyl groups is 2. The Morgan fingerprint density at radius 1 is 0.821 bits per heavy atom. The van der Waals surface area contributed by atoms with Gasteiger partial charge in [-0.2, -0.15) is 0 Å². The van der Waals surface area contributed by atoms with E-state index in [1.54, 1.807) is 12.1 Å². The number of carbonyl (C=O) groups excluding carboxylic acids is 3. The van der Waals surface area contributed by atoms with Gasteiger partial charge in [0.15, 0.2) is 6.61 Å². The normalized spacial score (nSPS) is 22.1. The molecule has 6 atom stereocenters. The quantitative estimate of drug-likeness (QED) is 0.166. The van der Waals surface area contributed by atoms with Crippen molar-refractivity contribution in [3.63, 3.8) is 0 Å². The maximum absolute atomic E-state index is 14.2. The first kappa shape index (κ1) is 39.2. The van der Waals surface area contributed by atoms with Crippen LogP contribution in [-0.4, -0.2) is 107 Å². The second-order valence-corrected chi connectivity index (χ2v) is 15.8. The van der Waals surface area contributed by atoms with Crippen LogP contribution < -0.4 is 10.1 Å². The second kappa shape index (κ2) is 18.3. The standard InChI is InChI=1S/C46H54N4O6/c1-48-20-22-49(23-21-48)43(53)31-56-40-18-16-34(17-19-40)24-36(45(54)47-44-41-15-9-8-14-35(41)29-42(44)52)28-39(51)30-50-38(26-33-12-6-3-7-13-33)27-37(46(50)55)25-32-10-4-2-5-11-32/h2-19,36-39,42,44,51-52H,20-31H2,1H3,(H,47,54)/t36-,37+,38+,39+,42-,44+/m1/s1. The average Bonchev–Trinajstić information content (AvgIpc) is 3.68. The van der Waals surface area contributed by atoms with Crippen molar-refractivity contribution in [2.75, 3.05) is 46.4 Å². The van der Waals surface area contributed by atoms with Gasteiger partial charge in [0.25, 0.3) is 5.91 Å². The fourth-order valence-electron chi connectivity index (χ4n) is 8.59. The highest BCUT2D eigenvalue weighted by atomic mass is 16.5. The fraction of sp³-hybridized carbons (Fsp3) is 0.413. The van der Waals surface area contributed by atoms with Crippen LogP contribution in [0.5, 0.6) is 5.75 Å². The van der Waals surface area contributed by atoms with Gasteiger partial charge in [-0.3, -0.25) is 14.4 Å². The molecule has 2 aliphatic heterocycles. The summed E-state index contributed by atoms with van der Waals surface area (Å²) < 4.78 is 5.85. The average molecular weight is 759 g/mol. The molecular weight excluding hydrogens is 705 g/mol. The summed E-state index contributed by atoms with van der Waals surface area (Å²) in [7, 11) is 2.05. The summed E-state index contributed by atoms with van der Waals surface area (Å²) in [6, 6.07) is 34.7. The molecule has 0 radical (unpaired) electrons. The van der Waals surface area contributed by atoms with Gasteiger partial charge in [-0.15, -0.1) is 0 Å². The number of likely N-dealkylation sites (tertiary alicyclic amines) is 1.